The zero-order valence-corrected chi connectivity index (χ0v) is 11.1. The molecule has 0 aliphatic heterocycles. The van der Waals surface area contributed by atoms with Crippen molar-refractivity contribution in [2.75, 3.05) is 7.05 Å². The van der Waals surface area contributed by atoms with Crippen LogP contribution in [0.25, 0.3) is 10.9 Å². The molecular weight excluding hydrogens is 272 g/mol. The molecule has 0 spiro atoms. The second-order valence-corrected chi connectivity index (χ2v) is 4.86. The molecule has 8 heteroatoms. The van der Waals surface area contributed by atoms with Gasteiger partial charge in [-0.1, -0.05) is 11.6 Å². The lowest BCUT2D eigenvalue weighted by Gasteiger charge is -2.13. The van der Waals surface area contributed by atoms with Gasteiger partial charge in [-0.15, -0.1) is 0 Å². The van der Waals surface area contributed by atoms with Gasteiger partial charge in [-0.25, -0.2) is 15.8 Å². The molecule has 4 N–H and O–H groups in total. The number of amidine groups is 1. The Hall–Kier alpha value is -1.57. The minimum absolute atomic E-state index is 0.440. The van der Waals surface area contributed by atoms with Gasteiger partial charge >= 0.3 is 0 Å². The van der Waals surface area contributed by atoms with Crippen LogP contribution >= 0.6 is 23.4 Å². The molecule has 2 rings (SSSR count). The normalized spacial score (nSPS) is 11.8. The molecule has 1 aromatic heterocycles. The van der Waals surface area contributed by atoms with Crippen molar-refractivity contribution in [3.63, 3.8) is 0 Å². The number of hydrogen-bond donors (Lipinski definition) is 2. The van der Waals surface area contributed by atoms with Crippen molar-refractivity contribution in [2.24, 2.45) is 16.8 Å². The Balaban J connectivity index is 2.48. The zero-order valence-electron chi connectivity index (χ0n) is 9.54. The molecule has 18 heavy (non-hydrogen) atoms. The summed E-state index contributed by atoms with van der Waals surface area (Å²) in [4.78, 5) is 8.35. The zero-order chi connectivity index (χ0) is 13.1. The van der Waals surface area contributed by atoms with E-state index in [1.54, 1.807) is 19.2 Å². The van der Waals surface area contributed by atoms with Crippen LogP contribution in [0.15, 0.2) is 34.7 Å². The smallest absolute Gasteiger partial charge is 0.202 e. The Morgan fingerprint density at radius 1 is 1.44 bits per heavy atom. The van der Waals surface area contributed by atoms with Crippen molar-refractivity contribution in [1.82, 2.24) is 15.0 Å². The van der Waals surface area contributed by atoms with Crippen LogP contribution in [-0.2, 0) is 0 Å². The van der Waals surface area contributed by atoms with Crippen LogP contribution in [0, 0.1) is 0 Å². The van der Waals surface area contributed by atoms with E-state index in [1.165, 1.54) is 23.1 Å². The van der Waals surface area contributed by atoms with E-state index in [0.717, 1.165) is 10.9 Å². The number of rotatable bonds is 1. The number of hydrazine groups is 1. The summed E-state index contributed by atoms with van der Waals surface area (Å²) in [7, 11) is 1.65. The van der Waals surface area contributed by atoms with E-state index in [2.05, 4.69) is 15.1 Å². The number of aromatic nitrogens is 2. The number of benzene rings is 1. The molecule has 6 nitrogen and oxygen atoms in total. The van der Waals surface area contributed by atoms with Crippen molar-refractivity contribution < 1.29 is 0 Å². The molecular formula is C10H11ClN6S. The average molecular weight is 283 g/mol. The van der Waals surface area contributed by atoms with Crippen LogP contribution in [0.5, 0.6) is 0 Å². The lowest BCUT2D eigenvalue weighted by Crippen LogP contribution is -2.31. The van der Waals surface area contributed by atoms with Gasteiger partial charge in [-0.3, -0.25) is 5.01 Å². The average Bonchev–Trinajstić information content (AvgIpc) is 2.35. The van der Waals surface area contributed by atoms with Crippen molar-refractivity contribution in [1.29, 1.82) is 0 Å². The van der Waals surface area contributed by atoms with Crippen LogP contribution in [-0.4, -0.2) is 27.2 Å². The summed E-state index contributed by atoms with van der Waals surface area (Å²) in [6, 6.07) is 5.40. The second kappa shape index (κ2) is 5.38. The maximum absolute atomic E-state index is 5.97. The summed E-state index contributed by atoms with van der Waals surface area (Å²) < 4.78 is 0. The van der Waals surface area contributed by atoms with E-state index >= 15 is 0 Å². The Morgan fingerprint density at radius 3 is 2.89 bits per heavy atom. The van der Waals surface area contributed by atoms with Gasteiger partial charge in [0.15, 0.2) is 0 Å². The van der Waals surface area contributed by atoms with Gasteiger partial charge in [0.25, 0.3) is 0 Å². The van der Waals surface area contributed by atoms with E-state index in [0.29, 0.717) is 15.2 Å². The van der Waals surface area contributed by atoms with E-state index in [9.17, 15) is 0 Å². The first-order valence-corrected chi connectivity index (χ1v) is 6.15. The summed E-state index contributed by atoms with van der Waals surface area (Å²) in [5.74, 6) is 10.9. The van der Waals surface area contributed by atoms with Gasteiger partial charge in [-0.2, -0.15) is 5.10 Å². The van der Waals surface area contributed by atoms with Crippen molar-refractivity contribution >= 4 is 39.4 Å². The molecule has 0 atom stereocenters. The van der Waals surface area contributed by atoms with Gasteiger partial charge in [0.05, 0.1) is 5.52 Å². The quantitative estimate of drug-likeness (QED) is 0.205. The molecule has 0 unspecified atom stereocenters. The van der Waals surface area contributed by atoms with Gasteiger partial charge in [0.1, 0.15) is 11.4 Å². The first-order valence-electron chi connectivity index (χ1n) is 4.96. The highest BCUT2D eigenvalue weighted by Gasteiger charge is 2.11. The molecule has 94 valence electrons. The van der Waals surface area contributed by atoms with Crippen LogP contribution < -0.4 is 11.7 Å². The highest BCUT2D eigenvalue weighted by molar-refractivity contribution is 8.13. The summed E-state index contributed by atoms with van der Waals surface area (Å²) in [6.45, 7) is 0. The number of hydrogen-bond acceptors (Lipinski definition) is 6. The maximum Gasteiger partial charge on any atom is 0.202 e. The third kappa shape index (κ3) is 2.63. The van der Waals surface area contributed by atoms with Gasteiger partial charge in [0.2, 0.25) is 5.17 Å². The number of hydrazone groups is 1. The summed E-state index contributed by atoms with van der Waals surface area (Å²) >= 11 is 7.22. The lowest BCUT2D eigenvalue weighted by atomic mass is 10.2. The van der Waals surface area contributed by atoms with Crippen molar-refractivity contribution in [3.8, 4) is 0 Å². The van der Waals surface area contributed by atoms with E-state index in [4.69, 9.17) is 23.3 Å². The lowest BCUT2D eigenvalue weighted by molar-refractivity contribution is 0.548. The molecule has 0 saturated heterocycles. The third-order valence-electron chi connectivity index (χ3n) is 2.16. The third-order valence-corrected chi connectivity index (χ3v) is 3.49. The predicted octanol–water partition coefficient (Wildman–Crippen LogP) is 1.41. The van der Waals surface area contributed by atoms with Crippen LogP contribution in [0.1, 0.15) is 0 Å². The molecule has 0 saturated carbocycles. The van der Waals surface area contributed by atoms with Crippen LogP contribution in [0.4, 0.5) is 0 Å². The van der Waals surface area contributed by atoms with E-state index < -0.39 is 0 Å². The highest BCUT2D eigenvalue weighted by atomic mass is 35.5. The highest BCUT2D eigenvalue weighted by Crippen LogP contribution is 2.27. The Bertz CT molecular complexity index is 600. The van der Waals surface area contributed by atoms with Gasteiger partial charge in [-0.05, 0) is 30.0 Å². The first kappa shape index (κ1) is 12.9. The summed E-state index contributed by atoms with van der Waals surface area (Å²) in [5.41, 5.74) is 0.799. The van der Waals surface area contributed by atoms with Crippen LogP contribution in [0.3, 0.4) is 0 Å². The van der Waals surface area contributed by atoms with Crippen LogP contribution in [0.2, 0.25) is 5.02 Å². The summed E-state index contributed by atoms with van der Waals surface area (Å²) in [5, 5.41) is 7.51. The van der Waals surface area contributed by atoms with Gasteiger partial charge in [0, 0.05) is 17.5 Å². The number of nitrogens with zero attached hydrogens (tertiary/aromatic N) is 4. The van der Waals surface area contributed by atoms with Crippen molar-refractivity contribution in [3.05, 3.63) is 29.5 Å². The number of thioether (sulfide) groups is 1. The standard InChI is InChI=1S/C10H11ClN6S/c1-17(13)10(16-12)18-9-7-4-6(11)2-3-8(7)14-5-15-9/h2-5H,12-13H2,1H3/b16-10+. The topological polar surface area (TPSA) is 93.4 Å². The number of fused-ring (bicyclic) bond motifs is 1. The molecule has 1 aromatic carbocycles. The first-order chi connectivity index (χ1) is 8.61. The monoisotopic (exact) mass is 282 g/mol. The molecule has 0 aliphatic carbocycles. The second-order valence-electron chi connectivity index (χ2n) is 3.46. The largest absolute Gasteiger partial charge is 0.321 e. The Morgan fingerprint density at radius 2 is 2.22 bits per heavy atom. The fourth-order valence-corrected chi connectivity index (χ4v) is 2.28. The SMILES string of the molecule is CN(N)/C(=N\N)Sc1ncnc2ccc(Cl)cc12. The molecule has 0 radical (unpaired) electrons. The molecule has 0 aliphatic rings. The predicted molar refractivity (Wildman–Crippen MR) is 74.0 cm³/mol. The van der Waals surface area contributed by atoms with E-state index in [-0.39, 0.29) is 0 Å². The number of nitrogens with two attached hydrogens (primary N) is 2. The minimum atomic E-state index is 0.440. The minimum Gasteiger partial charge on any atom is -0.321 e. The molecule has 0 fully saturated rings. The fourth-order valence-electron chi connectivity index (χ4n) is 1.36. The Kier molecular flexibility index (Phi) is 3.85. The summed E-state index contributed by atoms with van der Waals surface area (Å²) in [6.07, 6.45) is 1.48. The van der Waals surface area contributed by atoms with Crippen molar-refractivity contribution in [2.45, 2.75) is 5.03 Å². The molecule has 0 amide bonds. The molecule has 0 bridgehead atoms. The molecule has 2 aromatic rings. The number of halogens is 1. The Labute approximate surface area is 113 Å². The van der Waals surface area contributed by atoms with Gasteiger partial charge < -0.3 is 5.84 Å². The van der Waals surface area contributed by atoms with E-state index in [1.807, 2.05) is 6.07 Å². The fraction of sp³-hybridized carbons (Fsp3) is 0.100. The molecule has 1 heterocycles. The maximum atomic E-state index is 5.97.